The van der Waals surface area contributed by atoms with E-state index in [0.717, 1.165) is 25.7 Å². The molecule has 26 heavy (non-hydrogen) atoms. The van der Waals surface area contributed by atoms with E-state index in [4.69, 9.17) is 4.74 Å². The molecule has 1 N–H and O–H groups in total. The monoisotopic (exact) mass is 354 g/mol. The predicted molar refractivity (Wildman–Crippen MR) is 110 cm³/mol. The van der Waals surface area contributed by atoms with Gasteiger partial charge in [0, 0.05) is 12.3 Å². The minimum Gasteiger partial charge on any atom is -0.394 e. The Labute approximate surface area is 159 Å². The van der Waals surface area contributed by atoms with Gasteiger partial charge in [0.2, 0.25) is 0 Å². The van der Waals surface area contributed by atoms with E-state index >= 15 is 0 Å². The fourth-order valence-corrected chi connectivity index (χ4v) is 4.18. The molecule has 0 fully saturated rings. The van der Waals surface area contributed by atoms with E-state index in [1.54, 1.807) is 0 Å². The van der Waals surface area contributed by atoms with Crippen molar-refractivity contribution in [2.45, 2.75) is 64.9 Å². The molecular weight excluding hydrogens is 320 g/mol. The Morgan fingerprint density at radius 2 is 1.46 bits per heavy atom. The lowest BCUT2D eigenvalue weighted by Crippen LogP contribution is -2.40. The Morgan fingerprint density at radius 3 is 2.04 bits per heavy atom. The molecule has 0 saturated carbocycles. The highest BCUT2D eigenvalue weighted by atomic mass is 16.5. The molecule has 2 unspecified atom stereocenters. The van der Waals surface area contributed by atoms with Gasteiger partial charge in [-0.1, -0.05) is 69.3 Å². The number of aliphatic hydroxyl groups excluding tert-OH is 1. The van der Waals surface area contributed by atoms with Crippen LogP contribution in [0.2, 0.25) is 0 Å². The molecule has 2 atom stereocenters. The van der Waals surface area contributed by atoms with Crippen LogP contribution in [0.15, 0.2) is 48.5 Å². The summed E-state index contributed by atoms with van der Waals surface area (Å²) in [5.41, 5.74) is 5.15. The number of rotatable bonds is 10. The molecule has 0 spiro atoms. The summed E-state index contributed by atoms with van der Waals surface area (Å²) in [6.45, 7) is 9.30. The summed E-state index contributed by atoms with van der Waals surface area (Å²) in [6, 6.07) is 17.4. The third-order valence-corrected chi connectivity index (χ3v) is 5.52. The van der Waals surface area contributed by atoms with E-state index in [1.165, 1.54) is 22.3 Å². The second-order valence-electron chi connectivity index (χ2n) is 7.20. The molecule has 2 nitrogen and oxygen atoms in total. The van der Waals surface area contributed by atoms with Gasteiger partial charge >= 0.3 is 0 Å². The van der Waals surface area contributed by atoms with Gasteiger partial charge in [-0.05, 0) is 48.4 Å². The molecule has 2 heteroatoms. The maximum atomic E-state index is 9.40. The van der Waals surface area contributed by atoms with E-state index in [-0.39, 0.29) is 18.1 Å². The third-order valence-electron chi connectivity index (χ3n) is 5.52. The first-order chi connectivity index (χ1) is 12.6. The van der Waals surface area contributed by atoms with Crippen LogP contribution in [0.4, 0.5) is 0 Å². The van der Waals surface area contributed by atoms with E-state index in [9.17, 15) is 5.11 Å². The largest absolute Gasteiger partial charge is 0.394 e. The molecule has 2 aromatic carbocycles. The Morgan fingerprint density at radius 1 is 0.885 bits per heavy atom. The molecule has 0 bridgehead atoms. The molecule has 2 aromatic rings. The molecule has 0 heterocycles. The first kappa shape index (κ1) is 20.7. The van der Waals surface area contributed by atoms with Crippen LogP contribution in [0.5, 0.6) is 0 Å². The Balaban J connectivity index is 2.45. The summed E-state index contributed by atoms with van der Waals surface area (Å²) in [5, 5.41) is 9.40. The summed E-state index contributed by atoms with van der Waals surface area (Å²) in [5.74, 6) is 0.287. The van der Waals surface area contributed by atoms with Crippen LogP contribution < -0.4 is 0 Å². The van der Waals surface area contributed by atoms with Crippen molar-refractivity contribution < 1.29 is 9.84 Å². The number of aryl methyl sites for hydroxylation is 2. The van der Waals surface area contributed by atoms with Gasteiger partial charge in [0.15, 0.2) is 0 Å². The van der Waals surface area contributed by atoms with Crippen LogP contribution in [0, 0.1) is 0 Å². The normalized spacial score (nSPS) is 14.8. The molecule has 0 aromatic heterocycles. The van der Waals surface area contributed by atoms with Crippen molar-refractivity contribution in [3.05, 3.63) is 70.8 Å². The van der Waals surface area contributed by atoms with Crippen LogP contribution in [-0.4, -0.2) is 23.9 Å². The maximum Gasteiger partial charge on any atom is 0.0764 e. The minimum atomic E-state index is -0.353. The van der Waals surface area contributed by atoms with Crippen molar-refractivity contribution >= 4 is 0 Å². The molecule has 2 rings (SSSR count). The van der Waals surface area contributed by atoms with Crippen molar-refractivity contribution in [3.8, 4) is 0 Å². The highest BCUT2D eigenvalue weighted by molar-refractivity contribution is 5.35. The fourth-order valence-electron chi connectivity index (χ4n) is 4.18. The average molecular weight is 355 g/mol. The smallest absolute Gasteiger partial charge is 0.0764 e. The van der Waals surface area contributed by atoms with E-state index in [2.05, 4.69) is 76.2 Å². The zero-order chi connectivity index (χ0) is 19.0. The summed E-state index contributed by atoms with van der Waals surface area (Å²) in [4.78, 5) is 0. The Hall–Kier alpha value is -1.64. The van der Waals surface area contributed by atoms with Gasteiger partial charge in [-0.25, -0.2) is 0 Å². The summed E-state index contributed by atoms with van der Waals surface area (Å²) in [6.07, 6.45) is 3.91. The van der Waals surface area contributed by atoms with Crippen molar-refractivity contribution in [2.75, 3.05) is 13.2 Å². The fraction of sp³-hybridized carbons (Fsp3) is 0.500. The maximum absolute atomic E-state index is 9.40. The first-order valence-electron chi connectivity index (χ1n) is 9.98. The van der Waals surface area contributed by atoms with E-state index < -0.39 is 0 Å². The quantitative estimate of drug-likeness (QED) is 0.626. The van der Waals surface area contributed by atoms with Crippen LogP contribution >= 0.6 is 0 Å². The highest BCUT2D eigenvalue weighted by Gasteiger charge is 2.36. The summed E-state index contributed by atoms with van der Waals surface area (Å²) < 4.78 is 6.34. The molecule has 0 aliphatic heterocycles. The Kier molecular flexibility index (Phi) is 7.86. The Bertz CT molecular complexity index is 679. The van der Waals surface area contributed by atoms with Crippen LogP contribution in [0.3, 0.4) is 0 Å². The van der Waals surface area contributed by atoms with Crippen LogP contribution in [-0.2, 0) is 24.0 Å². The lowest BCUT2D eigenvalue weighted by atomic mass is 9.75. The van der Waals surface area contributed by atoms with Gasteiger partial charge in [0.05, 0.1) is 18.8 Å². The second kappa shape index (κ2) is 9.89. The first-order valence-corrected chi connectivity index (χ1v) is 9.98. The average Bonchev–Trinajstić information content (AvgIpc) is 2.67. The van der Waals surface area contributed by atoms with Crippen LogP contribution in [0.25, 0.3) is 0 Å². The number of hydrogen-bond donors (Lipinski definition) is 1. The second-order valence-corrected chi connectivity index (χ2v) is 7.20. The zero-order valence-corrected chi connectivity index (χ0v) is 16.8. The van der Waals surface area contributed by atoms with E-state index in [1.807, 2.05) is 0 Å². The molecule has 0 amide bonds. The van der Waals surface area contributed by atoms with Gasteiger partial charge < -0.3 is 9.84 Å². The number of ether oxygens (including phenoxy) is 1. The highest BCUT2D eigenvalue weighted by Crippen LogP contribution is 2.39. The minimum absolute atomic E-state index is 0.0525. The molecule has 0 saturated heterocycles. The van der Waals surface area contributed by atoms with Gasteiger partial charge in [-0.15, -0.1) is 0 Å². The predicted octanol–water partition coefficient (Wildman–Crippen LogP) is 5.32. The van der Waals surface area contributed by atoms with Crippen molar-refractivity contribution in [2.24, 2.45) is 0 Å². The number of aliphatic hydroxyl groups is 1. The molecule has 0 aliphatic rings. The number of benzene rings is 2. The van der Waals surface area contributed by atoms with Gasteiger partial charge in [-0.3, -0.25) is 0 Å². The van der Waals surface area contributed by atoms with Gasteiger partial charge in [-0.2, -0.15) is 0 Å². The van der Waals surface area contributed by atoms with Crippen LogP contribution in [0.1, 0.15) is 62.3 Å². The topological polar surface area (TPSA) is 29.5 Å². The SMILES string of the molecule is CCc1ccccc1CC(C)(OCCO)C(CC)c1ccccc1CC. The molecular formula is C24H34O2. The van der Waals surface area contributed by atoms with Crippen molar-refractivity contribution in [1.82, 2.24) is 0 Å². The number of hydrogen-bond acceptors (Lipinski definition) is 2. The molecule has 0 aliphatic carbocycles. The third kappa shape index (κ3) is 4.75. The lowest BCUT2D eigenvalue weighted by Gasteiger charge is -2.39. The van der Waals surface area contributed by atoms with Gasteiger partial charge in [0.1, 0.15) is 0 Å². The zero-order valence-electron chi connectivity index (χ0n) is 16.8. The standard InChI is InChI=1S/C24H34O2/c1-5-19-12-8-9-14-21(19)18-24(4,26-17-16-25)23(7-3)22-15-11-10-13-20(22)6-2/h8-15,23,25H,5-7,16-18H2,1-4H3. The summed E-state index contributed by atoms with van der Waals surface area (Å²) in [7, 11) is 0. The summed E-state index contributed by atoms with van der Waals surface area (Å²) >= 11 is 0. The van der Waals surface area contributed by atoms with Crippen molar-refractivity contribution in [3.63, 3.8) is 0 Å². The molecule has 0 radical (unpaired) electrons. The molecule has 142 valence electrons. The van der Waals surface area contributed by atoms with Crippen molar-refractivity contribution in [1.29, 1.82) is 0 Å². The lowest BCUT2D eigenvalue weighted by molar-refractivity contribution is -0.0645. The van der Waals surface area contributed by atoms with Gasteiger partial charge in [0.25, 0.3) is 0 Å². The van der Waals surface area contributed by atoms with E-state index in [0.29, 0.717) is 6.61 Å².